The molecule has 0 saturated carbocycles. The molecule has 0 spiro atoms. The first-order chi connectivity index (χ1) is 8.83. The highest BCUT2D eigenvalue weighted by atomic mass is 35.5. The lowest BCUT2D eigenvalue weighted by atomic mass is 10.1. The first-order valence-corrected chi connectivity index (χ1v) is 6.03. The highest BCUT2D eigenvalue weighted by Crippen LogP contribution is 2.25. The summed E-state index contributed by atoms with van der Waals surface area (Å²) in [6.45, 7) is 0.653. The molecule has 4 nitrogen and oxygen atoms in total. The summed E-state index contributed by atoms with van der Waals surface area (Å²) < 4.78 is 5.34. The van der Waals surface area contributed by atoms with Gasteiger partial charge in [0, 0.05) is 5.02 Å². The van der Waals surface area contributed by atoms with Crippen LogP contribution in [-0.2, 0) is 6.54 Å². The number of aliphatic imine (C=N–C) groups is 1. The predicted octanol–water partition coefficient (Wildman–Crippen LogP) is 2.98. The maximum atomic E-state index is 5.89. The molecule has 0 radical (unpaired) electrons. The number of hydrogen-bond donors (Lipinski definition) is 1. The molecule has 1 aliphatic rings. The molecule has 1 aliphatic heterocycles. The number of halogens is 1. The van der Waals surface area contributed by atoms with Crippen molar-refractivity contribution in [2.24, 2.45) is 4.99 Å². The average Bonchev–Trinajstić information content (AvgIpc) is 3.02. The molecule has 18 heavy (non-hydrogen) atoms. The van der Waals surface area contributed by atoms with E-state index in [-0.39, 0.29) is 6.17 Å². The largest absolute Gasteiger partial charge is 0.468 e. The molecule has 1 N–H and O–H groups in total. The zero-order chi connectivity index (χ0) is 12.4. The van der Waals surface area contributed by atoms with E-state index in [1.165, 1.54) is 0 Å². The maximum absolute atomic E-state index is 5.89. The van der Waals surface area contributed by atoms with Crippen molar-refractivity contribution in [3.8, 4) is 0 Å². The number of nitrogens with one attached hydrogen (secondary N) is 1. The number of hydrogen-bond acceptors (Lipinski definition) is 4. The Balaban J connectivity index is 1.78. The van der Waals surface area contributed by atoms with E-state index in [0.717, 1.165) is 16.3 Å². The summed E-state index contributed by atoms with van der Waals surface area (Å²) in [5, 5.41) is 2.73. The summed E-state index contributed by atoms with van der Waals surface area (Å²) in [4.78, 5) is 4.40. The first kappa shape index (κ1) is 11.3. The second-order valence-corrected chi connectivity index (χ2v) is 4.48. The van der Waals surface area contributed by atoms with Crippen LogP contribution in [0.25, 0.3) is 0 Å². The highest BCUT2D eigenvalue weighted by Gasteiger charge is 2.23. The third-order valence-corrected chi connectivity index (χ3v) is 3.06. The second-order valence-electron chi connectivity index (χ2n) is 4.04. The fraction of sp³-hybridized carbons (Fsp3) is 0.154. The Hall–Kier alpha value is -1.78. The highest BCUT2D eigenvalue weighted by molar-refractivity contribution is 6.30. The van der Waals surface area contributed by atoms with Crippen molar-refractivity contribution in [1.82, 2.24) is 10.4 Å². The minimum atomic E-state index is -0.0487. The minimum absolute atomic E-state index is 0.0487. The molecule has 0 fully saturated rings. The van der Waals surface area contributed by atoms with Crippen molar-refractivity contribution in [2.75, 3.05) is 0 Å². The standard InChI is InChI=1S/C13H12ClN3O/c14-11-5-3-10(4-6-11)13-15-9-16-17(13)8-12-2-1-7-18-12/h1-7,9,13H,8H2,(H,15,16). The third-order valence-electron chi connectivity index (χ3n) is 2.81. The molecule has 1 aromatic carbocycles. The number of furan rings is 1. The molecular weight excluding hydrogens is 250 g/mol. The topological polar surface area (TPSA) is 40.8 Å². The van der Waals surface area contributed by atoms with Crippen LogP contribution in [0.4, 0.5) is 0 Å². The monoisotopic (exact) mass is 261 g/mol. The molecule has 5 heteroatoms. The van der Waals surface area contributed by atoms with Crippen LogP contribution in [0.5, 0.6) is 0 Å². The van der Waals surface area contributed by atoms with E-state index >= 15 is 0 Å². The fourth-order valence-corrected chi connectivity index (χ4v) is 2.06. The van der Waals surface area contributed by atoms with Gasteiger partial charge in [-0.1, -0.05) is 23.7 Å². The quantitative estimate of drug-likeness (QED) is 0.923. The zero-order valence-corrected chi connectivity index (χ0v) is 10.3. The van der Waals surface area contributed by atoms with Gasteiger partial charge in [-0.25, -0.2) is 4.99 Å². The Morgan fingerprint density at radius 1 is 1.28 bits per heavy atom. The van der Waals surface area contributed by atoms with Crippen LogP contribution in [0.3, 0.4) is 0 Å². The zero-order valence-electron chi connectivity index (χ0n) is 9.58. The van der Waals surface area contributed by atoms with Crippen LogP contribution in [0, 0.1) is 0 Å². The predicted molar refractivity (Wildman–Crippen MR) is 70.1 cm³/mol. The van der Waals surface area contributed by atoms with E-state index in [2.05, 4.69) is 10.4 Å². The normalized spacial score (nSPS) is 19.1. The van der Waals surface area contributed by atoms with E-state index in [1.807, 2.05) is 41.4 Å². The van der Waals surface area contributed by atoms with Crippen molar-refractivity contribution < 1.29 is 4.42 Å². The molecule has 0 aliphatic carbocycles. The molecule has 0 amide bonds. The molecule has 1 aromatic heterocycles. The Bertz CT molecular complexity index is 536. The van der Waals surface area contributed by atoms with Crippen molar-refractivity contribution in [2.45, 2.75) is 12.7 Å². The summed E-state index contributed by atoms with van der Waals surface area (Å²) in [5.41, 5.74) is 4.20. The Morgan fingerprint density at radius 3 is 2.83 bits per heavy atom. The molecule has 0 bridgehead atoms. The summed E-state index contributed by atoms with van der Waals surface area (Å²) >= 11 is 5.89. The van der Waals surface area contributed by atoms with Gasteiger partial charge in [0.05, 0.1) is 19.1 Å². The van der Waals surface area contributed by atoms with Gasteiger partial charge in [-0.3, -0.25) is 0 Å². The van der Waals surface area contributed by atoms with Gasteiger partial charge in [-0.05, 0) is 29.8 Å². The number of benzene rings is 1. The van der Waals surface area contributed by atoms with Gasteiger partial charge >= 0.3 is 0 Å². The van der Waals surface area contributed by atoms with Crippen LogP contribution in [0.2, 0.25) is 5.02 Å². The third kappa shape index (κ3) is 2.25. The fourth-order valence-electron chi connectivity index (χ4n) is 1.93. The Kier molecular flexibility index (Phi) is 3.04. The molecule has 2 heterocycles. The number of hydrazine groups is 1. The maximum Gasteiger partial charge on any atom is 0.146 e. The van der Waals surface area contributed by atoms with Crippen LogP contribution < -0.4 is 5.43 Å². The van der Waals surface area contributed by atoms with E-state index in [1.54, 1.807) is 12.6 Å². The van der Waals surface area contributed by atoms with Crippen molar-refractivity contribution in [3.63, 3.8) is 0 Å². The average molecular weight is 262 g/mol. The summed E-state index contributed by atoms with van der Waals surface area (Å²) in [6, 6.07) is 11.5. The second kappa shape index (κ2) is 4.84. The Labute approximate surface area is 110 Å². The molecule has 2 aromatic rings. The van der Waals surface area contributed by atoms with Gasteiger partial charge in [0.2, 0.25) is 0 Å². The SMILES string of the molecule is Clc1ccc(C2N=CNN2Cc2ccco2)cc1. The van der Waals surface area contributed by atoms with Gasteiger partial charge in [-0.2, -0.15) is 5.01 Å². The van der Waals surface area contributed by atoms with Crippen LogP contribution in [-0.4, -0.2) is 11.3 Å². The lowest BCUT2D eigenvalue weighted by molar-refractivity contribution is 0.168. The van der Waals surface area contributed by atoms with E-state index in [0.29, 0.717) is 6.54 Å². The smallest absolute Gasteiger partial charge is 0.146 e. The van der Waals surface area contributed by atoms with Crippen LogP contribution >= 0.6 is 11.6 Å². The summed E-state index contributed by atoms with van der Waals surface area (Å²) in [6.07, 6.45) is 3.32. The van der Waals surface area contributed by atoms with Crippen molar-refractivity contribution in [1.29, 1.82) is 0 Å². The molecular formula is C13H12ClN3O. The van der Waals surface area contributed by atoms with Gasteiger partial charge in [0.25, 0.3) is 0 Å². The van der Waals surface area contributed by atoms with Crippen LogP contribution in [0.1, 0.15) is 17.5 Å². The molecule has 92 valence electrons. The van der Waals surface area contributed by atoms with Crippen molar-refractivity contribution in [3.05, 3.63) is 59.0 Å². The number of rotatable bonds is 3. The lowest BCUT2D eigenvalue weighted by Crippen LogP contribution is -2.33. The molecule has 3 rings (SSSR count). The first-order valence-electron chi connectivity index (χ1n) is 5.65. The van der Waals surface area contributed by atoms with E-state index < -0.39 is 0 Å². The van der Waals surface area contributed by atoms with Gasteiger partial charge < -0.3 is 9.84 Å². The van der Waals surface area contributed by atoms with Crippen LogP contribution in [0.15, 0.2) is 52.1 Å². The molecule has 1 atom stereocenters. The van der Waals surface area contributed by atoms with Gasteiger partial charge in [-0.15, -0.1) is 0 Å². The van der Waals surface area contributed by atoms with Gasteiger partial charge in [0.15, 0.2) is 0 Å². The molecule has 1 unspecified atom stereocenters. The number of nitrogens with zero attached hydrogens (tertiary/aromatic N) is 2. The van der Waals surface area contributed by atoms with Crippen molar-refractivity contribution >= 4 is 17.9 Å². The minimum Gasteiger partial charge on any atom is -0.468 e. The molecule has 0 saturated heterocycles. The van der Waals surface area contributed by atoms with E-state index in [9.17, 15) is 0 Å². The van der Waals surface area contributed by atoms with E-state index in [4.69, 9.17) is 16.0 Å². The van der Waals surface area contributed by atoms with Gasteiger partial charge in [0.1, 0.15) is 11.9 Å². The lowest BCUT2D eigenvalue weighted by Gasteiger charge is -2.21. The summed E-state index contributed by atoms with van der Waals surface area (Å²) in [7, 11) is 0. The Morgan fingerprint density at radius 2 is 2.11 bits per heavy atom. The summed E-state index contributed by atoms with van der Waals surface area (Å²) in [5.74, 6) is 0.895.